The van der Waals surface area contributed by atoms with E-state index in [1.807, 2.05) is 30.3 Å². The van der Waals surface area contributed by atoms with Gasteiger partial charge in [-0.1, -0.05) is 42.5 Å². The molecular formula is C17H17NO5. The lowest BCUT2D eigenvalue weighted by molar-refractivity contribution is -0.138. The third kappa shape index (κ3) is 5.44. The molecule has 0 aliphatic heterocycles. The number of carbonyl (C=O) groups excluding carboxylic acids is 1. The predicted molar refractivity (Wildman–Crippen MR) is 83.0 cm³/mol. The van der Waals surface area contributed by atoms with Crippen LogP contribution in [0.4, 0.5) is 4.79 Å². The lowest BCUT2D eigenvalue weighted by atomic mass is 10.1. The highest BCUT2D eigenvalue weighted by atomic mass is 16.7. The molecule has 0 bridgehead atoms. The fraction of sp³-hybridized carbons (Fsp3) is 0.176. The molecule has 1 atom stereocenters. The fourth-order valence-electron chi connectivity index (χ4n) is 1.88. The van der Waals surface area contributed by atoms with Crippen LogP contribution in [0.3, 0.4) is 0 Å². The largest absolute Gasteiger partial charge is 0.514 e. The van der Waals surface area contributed by atoms with E-state index in [0.717, 1.165) is 11.1 Å². The zero-order chi connectivity index (χ0) is 16.7. The minimum Gasteiger partial charge on any atom is -0.480 e. The number of benzene rings is 2. The van der Waals surface area contributed by atoms with Crippen molar-refractivity contribution in [2.45, 2.75) is 19.1 Å². The molecule has 2 rings (SSSR count). The third-order valence-corrected chi connectivity index (χ3v) is 3.10. The molecule has 120 valence electrons. The summed E-state index contributed by atoms with van der Waals surface area (Å²) in [5.41, 5.74) is 7.06. The Bertz CT molecular complexity index is 654. The average Bonchev–Trinajstić information content (AvgIpc) is 2.55. The van der Waals surface area contributed by atoms with E-state index in [2.05, 4.69) is 0 Å². The maximum atomic E-state index is 11.6. The summed E-state index contributed by atoms with van der Waals surface area (Å²) in [7, 11) is 0. The van der Waals surface area contributed by atoms with E-state index >= 15 is 0 Å². The predicted octanol–water partition coefficient (Wildman–Crippen LogP) is 2.36. The number of carboxylic acid groups (broad SMARTS) is 1. The van der Waals surface area contributed by atoms with Gasteiger partial charge in [-0.3, -0.25) is 4.79 Å². The zero-order valence-electron chi connectivity index (χ0n) is 12.3. The van der Waals surface area contributed by atoms with Crippen LogP contribution >= 0.6 is 0 Å². The summed E-state index contributed by atoms with van der Waals surface area (Å²) in [6.07, 6.45) is -0.600. The van der Waals surface area contributed by atoms with Crippen molar-refractivity contribution < 1.29 is 24.2 Å². The Labute approximate surface area is 133 Å². The topological polar surface area (TPSA) is 98.9 Å². The van der Waals surface area contributed by atoms with Crippen molar-refractivity contribution in [3.63, 3.8) is 0 Å². The second-order valence-electron chi connectivity index (χ2n) is 4.92. The van der Waals surface area contributed by atoms with E-state index in [4.69, 9.17) is 20.3 Å². The van der Waals surface area contributed by atoms with Gasteiger partial charge in [0.2, 0.25) is 0 Å². The Morgan fingerprint density at radius 1 is 1.00 bits per heavy atom. The van der Waals surface area contributed by atoms with Crippen molar-refractivity contribution in [2.24, 2.45) is 5.73 Å². The van der Waals surface area contributed by atoms with E-state index in [1.165, 1.54) is 0 Å². The van der Waals surface area contributed by atoms with Gasteiger partial charge in [0.05, 0.1) is 0 Å². The summed E-state index contributed by atoms with van der Waals surface area (Å²) in [5, 5.41) is 8.76. The van der Waals surface area contributed by atoms with Crippen LogP contribution in [0.15, 0.2) is 54.6 Å². The molecule has 0 aliphatic carbocycles. The van der Waals surface area contributed by atoms with Crippen LogP contribution in [-0.2, 0) is 22.6 Å². The molecule has 0 heterocycles. The maximum Gasteiger partial charge on any atom is 0.514 e. The lowest BCUT2D eigenvalue weighted by Crippen LogP contribution is -2.32. The van der Waals surface area contributed by atoms with Crippen LogP contribution in [0.1, 0.15) is 11.1 Å². The number of nitrogens with two attached hydrogens (primary N) is 1. The van der Waals surface area contributed by atoms with Gasteiger partial charge in [0.1, 0.15) is 18.4 Å². The third-order valence-electron chi connectivity index (χ3n) is 3.10. The maximum absolute atomic E-state index is 11.6. The Kier molecular flexibility index (Phi) is 5.71. The van der Waals surface area contributed by atoms with Crippen molar-refractivity contribution in [2.75, 3.05) is 0 Å². The van der Waals surface area contributed by atoms with Gasteiger partial charge in [-0.25, -0.2) is 4.79 Å². The summed E-state index contributed by atoms with van der Waals surface area (Å²) in [6, 6.07) is 14.7. The van der Waals surface area contributed by atoms with Crippen molar-refractivity contribution in [3.8, 4) is 5.75 Å². The van der Waals surface area contributed by atoms with Gasteiger partial charge in [0.15, 0.2) is 0 Å². The minimum atomic E-state index is -1.06. The Morgan fingerprint density at radius 2 is 1.65 bits per heavy atom. The van der Waals surface area contributed by atoms with Crippen LogP contribution in [0.5, 0.6) is 5.75 Å². The summed E-state index contributed by atoms with van der Waals surface area (Å²) >= 11 is 0. The molecule has 6 nitrogen and oxygen atoms in total. The van der Waals surface area contributed by atoms with Crippen molar-refractivity contribution >= 4 is 12.1 Å². The molecule has 6 heteroatoms. The van der Waals surface area contributed by atoms with Gasteiger partial charge in [-0.15, -0.1) is 0 Å². The number of rotatable bonds is 6. The molecule has 0 saturated carbocycles. The van der Waals surface area contributed by atoms with Gasteiger partial charge < -0.3 is 20.3 Å². The van der Waals surface area contributed by atoms with Crippen LogP contribution in [0, 0.1) is 0 Å². The molecule has 0 saturated heterocycles. The average molecular weight is 315 g/mol. The van der Waals surface area contributed by atoms with Crippen molar-refractivity contribution in [1.82, 2.24) is 0 Å². The van der Waals surface area contributed by atoms with E-state index in [1.54, 1.807) is 24.3 Å². The molecule has 2 aromatic carbocycles. The molecule has 0 amide bonds. The molecule has 1 unspecified atom stereocenters. The number of hydrogen-bond acceptors (Lipinski definition) is 5. The number of carbonyl (C=O) groups is 2. The van der Waals surface area contributed by atoms with Gasteiger partial charge in [-0.2, -0.15) is 0 Å². The summed E-state index contributed by atoms with van der Waals surface area (Å²) < 4.78 is 10.0. The highest BCUT2D eigenvalue weighted by molar-refractivity contribution is 5.73. The van der Waals surface area contributed by atoms with Gasteiger partial charge in [0.25, 0.3) is 0 Å². The number of hydrogen-bond donors (Lipinski definition) is 2. The van der Waals surface area contributed by atoms with Crippen LogP contribution in [0.2, 0.25) is 0 Å². The van der Waals surface area contributed by atoms with E-state index in [0.29, 0.717) is 5.75 Å². The first-order valence-electron chi connectivity index (χ1n) is 7.00. The van der Waals surface area contributed by atoms with Gasteiger partial charge >= 0.3 is 12.1 Å². The van der Waals surface area contributed by atoms with E-state index < -0.39 is 18.2 Å². The van der Waals surface area contributed by atoms with E-state index in [-0.39, 0.29) is 13.0 Å². The summed E-state index contributed by atoms with van der Waals surface area (Å²) in [5.74, 6) is -0.745. The molecular weight excluding hydrogens is 298 g/mol. The van der Waals surface area contributed by atoms with Gasteiger partial charge in [0, 0.05) is 0 Å². The second-order valence-corrected chi connectivity index (χ2v) is 4.92. The fourth-order valence-corrected chi connectivity index (χ4v) is 1.88. The molecule has 0 fully saturated rings. The SMILES string of the molecule is NC(Cc1ccc(OC(=O)OCc2ccccc2)cc1)C(=O)O. The highest BCUT2D eigenvalue weighted by Crippen LogP contribution is 2.14. The zero-order valence-corrected chi connectivity index (χ0v) is 12.3. The first-order chi connectivity index (χ1) is 11.0. The van der Waals surface area contributed by atoms with Crippen molar-refractivity contribution in [3.05, 3.63) is 65.7 Å². The van der Waals surface area contributed by atoms with Crippen LogP contribution in [-0.4, -0.2) is 23.3 Å². The monoisotopic (exact) mass is 315 g/mol. The number of ether oxygens (including phenoxy) is 2. The molecule has 0 radical (unpaired) electrons. The highest BCUT2D eigenvalue weighted by Gasteiger charge is 2.12. The quantitative estimate of drug-likeness (QED) is 0.627. The Balaban J connectivity index is 1.83. The summed E-state index contributed by atoms with van der Waals surface area (Å²) in [4.78, 5) is 22.3. The molecule has 3 N–H and O–H groups in total. The molecule has 2 aromatic rings. The number of aliphatic carboxylic acids is 1. The van der Waals surface area contributed by atoms with Crippen LogP contribution in [0.25, 0.3) is 0 Å². The first kappa shape index (κ1) is 16.5. The molecule has 0 aliphatic rings. The minimum absolute atomic E-state index is 0.130. The normalized spacial score (nSPS) is 11.5. The smallest absolute Gasteiger partial charge is 0.480 e. The van der Waals surface area contributed by atoms with Crippen LogP contribution < -0.4 is 10.5 Å². The number of carboxylic acids is 1. The van der Waals surface area contributed by atoms with Gasteiger partial charge in [-0.05, 0) is 29.7 Å². The first-order valence-corrected chi connectivity index (χ1v) is 7.00. The van der Waals surface area contributed by atoms with Crippen molar-refractivity contribution in [1.29, 1.82) is 0 Å². The van der Waals surface area contributed by atoms with E-state index in [9.17, 15) is 9.59 Å². The molecule has 0 aromatic heterocycles. The molecule has 23 heavy (non-hydrogen) atoms. The standard InChI is InChI=1S/C17H17NO5/c18-15(16(19)20)10-12-6-8-14(9-7-12)23-17(21)22-11-13-4-2-1-3-5-13/h1-9,15H,10-11,18H2,(H,19,20). The Morgan fingerprint density at radius 3 is 2.26 bits per heavy atom. The second kappa shape index (κ2) is 7.95. The summed E-state index contributed by atoms with van der Waals surface area (Å²) in [6.45, 7) is 0.130. The lowest BCUT2D eigenvalue weighted by Gasteiger charge is -2.08. The molecule has 0 spiro atoms. The Hall–Kier alpha value is -2.86.